The molecule has 0 aliphatic carbocycles. The van der Waals surface area contributed by atoms with E-state index in [0.717, 1.165) is 18.2 Å². The second-order valence-electron chi connectivity index (χ2n) is 4.77. The Hall–Kier alpha value is -3.42. The normalized spacial score (nSPS) is 10.0. The van der Waals surface area contributed by atoms with Crippen LogP contribution in [-0.4, -0.2) is 21.9 Å². The number of aromatic hydroxyl groups is 1. The van der Waals surface area contributed by atoms with Gasteiger partial charge in [-0.2, -0.15) is 0 Å². The molecular formula is C16H14N2O6. The minimum Gasteiger partial charge on any atom is -0.506 e. The second-order valence-corrected chi connectivity index (χ2v) is 4.77. The second kappa shape index (κ2) is 7.23. The van der Waals surface area contributed by atoms with Crippen LogP contribution in [0.15, 0.2) is 42.5 Å². The van der Waals surface area contributed by atoms with Gasteiger partial charge in [0.1, 0.15) is 11.5 Å². The number of phenolic OH excluding ortho intramolecular Hbond substituents is 1. The van der Waals surface area contributed by atoms with Crippen LogP contribution in [0.5, 0.6) is 11.5 Å². The summed E-state index contributed by atoms with van der Waals surface area (Å²) in [4.78, 5) is 33.6. The number of esters is 1. The third kappa shape index (κ3) is 4.07. The number of rotatable bonds is 5. The number of benzene rings is 2. The fourth-order valence-electron chi connectivity index (χ4n) is 1.84. The summed E-state index contributed by atoms with van der Waals surface area (Å²) in [7, 11) is 0. The number of nitrogens with zero attached hydrogens (tertiary/aromatic N) is 1. The van der Waals surface area contributed by atoms with Crippen LogP contribution in [0.1, 0.15) is 23.7 Å². The molecule has 8 nitrogen and oxygen atoms in total. The molecule has 0 heterocycles. The zero-order chi connectivity index (χ0) is 17.7. The molecule has 0 saturated carbocycles. The van der Waals surface area contributed by atoms with Crippen molar-refractivity contribution in [1.82, 2.24) is 0 Å². The number of non-ortho nitro benzene ring substituents is 1. The van der Waals surface area contributed by atoms with Gasteiger partial charge in [0, 0.05) is 24.1 Å². The number of carbonyl (C=O) groups excluding carboxylic acids is 2. The number of carbonyl (C=O) groups is 2. The van der Waals surface area contributed by atoms with Crippen molar-refractivity contribution in [2.24, 2.45) is 0 Å². The highest BCUT2D eigenvalue weighted by atomic mass is 16.6. The molecule has 0 unspecified atom stereocenters. The van der Waals surface area contributed by atoms with Crippen LogP contribution in [0, 0.1) is 10.1 Å². The molecular weight excluding hydrogens is 316 g/mol. The zero-order valence-corrected chi connectivity index (χ0v) is 12.7. The van der Waals surface area contributed by atoms with E-state index in [2.05, 4.69) is 5.32 Å². The predicted octanol–water partition coefficient (Wildman–Crippen LogP) is 2.87. The maximum Gasteiger partial charge on any atom is 0.310 e. The van der Waals surface area contributed by atoms with Gasteiger partial charge in [-0.15, -0.1) is 0 Å². The van der Waals surface area contributed by atoms with Gasteiger partial charge in [-0.25, -0.2) is 0 Å². The lowest BCUT2D eigenvalue weighted by molar-refractivity contribution is -0.384. The summed E-state index contributed by atoms with van der Waals surface area (Å²) in [5.41, 5.74) is -0.193. The van der Waals surface area contributed by atoms with Gasteiger partial charge >= 0.3 is 5.97 Å². The summed E-state index contributed by atoms with van der Waals surface area (Å²) in [5.74, 6) is -1.15. The number of nitro groups is 1. The zero-order valence-electron chi connectivity index (χ0n) is 12.7. The molecule has 2 aromatic carbocycles. The number of phenols is 1. The fraction of sp³-hybridized carbons (Fsp3) is 0.125. The molecule has 0 aliphatic heterocycles. The molecule has 0 radical (unpaired) electrons. The summed E-state index contributed by atoms with van der Waals surface area (Å²) in [6.07, 6.45) is 0.192. The Morgan fingerprint density at radius 3 is 2.67 bits per heavy atom. The standard InChI is InChI=1S/C16H14N2O6/c1-2-15(20)24-12-5-3-4-10(8-12)16(21)17-13-9-11(18(22)23)6-7-14(13)19/h3-9,19H,2H2,1H3,(H,17,21). The first-order valence-corrected chi connectivity index (χ1v) is 7.00. The van der Waals surface area contributed by atoms with E-state index in [1.165, 1.54) is 24.3 Å². The smallest absolute Gasteiger partial charge is 0.310 e. The Bertz CT molecular complexity index is 803. The van der Waals surface area contributed by atoms with Gasteiger partial charge in [0.05, 0.1) is 10.6 Å². The van der Waals surface area contributed by atoms with Gasteiger partial charge in [0.25, 0.3) is 11.6 Å². The Kier molecular flexibility index (Phi) is 5.10. The fourth-order valence-corrected chi connectivity index (χ4v) is 1.84. The van der Waals surface area contributed by atoms with Crippen LogP contribution in [0.3, 0.4) is 0 Å². The molecule has 2 aromatic rings. The quantitative estimate of drug-likeness (QED) is 0.286. The number of nitro benzene ring substituents is 1. The Morgan fingerprint density at radius 1 is 1.25 bits per heavy atom. The number of hydrogen-bond acceptors (Lipinski definition) is 6. The van der Waals surface area contributed by atoms with Crippen LogP contribution < -0.4 is 10.1 Å². The van der Waals surface area contributed by atoms with Gasteiger partial charge in [-0.3, -0.25) is 19.7 Å². The highest BCUT2D eigenvalue weighted by Crippen LogP contribution is 2.28. The molecule has 0 atom stereocenters. The number of ether oxygens (including phenoxy) is 1. The monoisotopic (exact) mass is 330 g/mol. The highest BCUT2D eigenvalue weighted by molar-refractivity contribution is 6.05. The molecule has 0 aromatic heterocycles. The summed E-state index contributed by atoms with van der Waals surface area (Å²) < 4.78 is 5.02. The maximum atomic E-state index is 12.2. The Balaban J connectivity index is 2.21. The topological polar surface area (TPSA) is 119 Å². The predicted molar refractivity (Wildman–Crippen MR) is 85.1 cm³/mol. The van der Waals surface area contributed by atoms with Gasteiger partial charge in [-0.1, -0.05) is 13.0 Å². The van der Waals surface area contributed by atoms with Crippen molar-refractivity contribution < 1.29 is 24.4 Å². The van der Waals surface area contributed by atoms with Crippen molar-refractivity contribution in [2.45, 2.75) is 13.3 Å². The van der Waals surface area contributed by atoms with Crippen LogP contribution >= 0.6 is 0 Å². The minimum absolute atomic E-state index is 0.0924. The molecule has 2 N–H and O–H groups in total. The van der Waals surface area contributed by atoms with Crippen LogP contribution in [-0.2, 0) is 4.79 Å². The lowest BCUT2D eigenvalue weighted by atomic mass is 10.2. The van der Waals surface area contributed by atoms with Gasteiger partial charge in [-0.05, 0) is 24.3 Å². The van der Waals surface area contributed by atoms with Gasteiger partial charge in [0.2, 0.25) is 0 Å². The van der Waals surface area contributed by atoms with Gasteiger partial charge in [0.15, 0.2) is 0 Å². The molecule has 0 bridgehead atoms. The molecule has 0 saturated heterocycles. The van der Waals surface area contributed by atoms with Crippen molar-refractivity contribution in [3.63, 3.8) is 0 Å². The molecule has 124 valence electrons. The van der Waals surface area contributed by atoms with E-state index in [-0.39, 0.29) is 34.9 Å². The molecule has 1 amide bonds. The van der Waals surface area contributed by atoms with Crippen LogP contribution in [0.25, 0.3) is 0 Å². The van der Waals surface area contributed by atoms with Crippen LogP contribution in [0.4, 0.5) is 11.4 Å². The van der Waals surface area contributed by atoms with Gasteiger partial charge < -0.3 is 15.2 Å². The summed E-state index contributed by atoms with van der Waals surface area (Å²) in [6, 6.07) is 9.18. The molecule has 2 rings (SSSR count). The van der Waals surface area contributed by atoms with E-state index in [9.17, 15) is 24.8 Å². The van der Waals surface area contributed by atoms with Crippen molar-refractivity contribution in [2.75, 3.05) is 5.32 Å². The molecule has 0 aliphatic rings. The van der Waals surface area contributed by atoms with E-state index in [1.54, 1.807) is 6.92 Å². The first-order chi connectivity index (χ1) is 11.4. The van der Waals surface area contributed by atoms with Crippen molar-refractivity contribution >= 4 is 23.3 Å². The summed E-state index contributed by atoms with van der Waals surface area (Å²) in [6.45, 7) is 1.64. The van der Waals surface area contributed by atoms with E-state index in [4.69, 9.17) is 4.74 Å². The third-order valence-corrected chi connectivity index (χ3v) is 3.06. The molecule has 0 spiro atoms. The third-order valence-electron chi connectivity index (χ3n) is 3.06. The van der Waals surface area contributed by atoms with Crippen molar-refractivity contribution in [1.29, 1.82) is 0 Å². The summed E-state index contributed by atoms with van der Waals surface area (Å²) in [5, 5.41) is 22.9. The maximum absolute atomic E-state index is 12.2. The van der Waals surface area contributed by atoms with Crippen molar-refractivity contribution in [3.8, 4) is 11.5 Å². The Labute approximate surface area is 136 Å². The number of nitrogens with one attached hydrogen (secondary N) is 1. The molecule has 0 fully saturated rings. The van der Waals surface area contributed by atoms with E-state index >= 15 is 0 Å². The lowest BCUT2D eigenvalue weighted by Crippen LogP contribution is -2.13. The lowest BCUT2D eigenvalue weighted by Gasteiger charge is -2.08. The Morgan fingerprint density at radius 2 is 2.00 bits per heavy atom. The SMILES string of the molecule is CCC(=O)Oc1cccc(C(=O)Nc2cc([N+](=O)[O-])ccc2O)c1. The first kappa shape index (κ1) is 16.9. The average Bonchev–Trinajstić information content (AvgIpc) is 2.56. The molecule has 8 heteroatoms. The summed E-state index contributed by atoms with van der Waals surface area (Å²) >= 11 is 0. The molecule has 24 heavy (non-hydrogen) atoms. The van der Waals surface area contributed by atoms with E-state index < -0.39 is 16.8 Å². The number of hydrogen-bond donors (Lipinski definition) is 2. The van der Waals surface area contributed by atoms with Crippen LogP contribution in [0.2, 0.25) is 0 Å². The number of anilines is 1. The van der Waals surface area contributed by atoms with Crippen molar-refractivity contribution in [3.05, 3.63) is 58.1 Å². The largest absolute Gasteiger partial charge is 0.506 e. The van der Waals surface area contributed by atoms with E-state index in [1.807, 2.05) is 0 Å². The average molecular weight is 330 g/mol. The first-order valence-electron chi connectivity index (χ1n) is 7.00. The van der Waals surface area contributed by atoms with E-state index in [0.29, 0.717) is 0 Å². The number of amides is 1. The highest BCUT2D eigenvalue weighted by Gasteiger charge is 2.14. The minimum atomic E-state index is -0.639.